The first-order valence-corrected chi connectivity index (χ1v) is 12.9. The van der Waals surface area contributed by atoms with Crippen molar-refractivity contribution in [3.05, 3.63) is 116 Å². The summed E-state index contributed by atoms with van der Waals surface area (Å²) >= 11 is 6.55. The van der Waals surface area contributed by atoms with E-state index in [0.29, 0.717) is 22.3 Å². The molecule has 0 aromatic heterocycles. The molecule has 0 aliphatic heterocycles. The number of hydrogen-bond donors (Lipinski definition) is 6. The molecule has 0 heterocycles. The molecule has 40 heavy (non-hydrogen) atoms. The quantitative estimate of drug-likeness (QED) is 0.0933. The van der Waals surface area contributed by atoms with Crippen molar-refractivity contribution in [1.82, 2.24) is 10.9 Å². The first kappa shape index (κ1) is 29.9. The van der Waals surface area contributed by atoms with Gasteiger partial charge >= 0.3 is 0 Å². The van der Waals surface area contributed by atoms with Crippen molar-refractivity contribution in [3.63, 3.8) is 0 Å². The average Bonchev–Trinajstić information content (AvgIpc) is 2.94. The summed E-state index contributed by atoms with van der Waals surface area (Å²) in [6.45, 7) is 0. The molecule has 4 rings (SSSR count). The van der Waals surface area contributed by atoms with Gasteiger partial charge in [0.1, 0.15) is 0 Å². The number of hydrazone groups is 2. The second kappa shape index (κ2) is 14.5. The number of rotatable bonds is 6. The number of carbonyl (C=O) groups excluding carboxylic acids is 2. The molecule has 2 amide bonds. The molecule has 4 aromatic rings. The highest BCUT2D eigenvalue weighted by Crippen LogP contribution is 2.27. The highest BCUT2D eigenvalue weighted by atomic mass is 79.9. The molecule has 6 N–H and O–H groups in total. The SMILES string of the molecule is O=C(N/N=C/c1cccc(O)c1O)c1ccc(Br)cc1.O=C(N/N=C/c1cccc(O)c1O)c1cccc(Br)c1. The smallest absolute Gasteiger partial charge is 0.271 e. The predicted octanol–water partition coefficient (Wildman–Crippen LogP) is 5.25. The lowest BCUT2D eigenvalue weighted by molar-refractivity contribution is 0.0947. The van der Waals surface area contributed by atoms with Crippen LogP contribution in [-0.4, -0.2) is 44.7 Å². The number of phenolic OH excluding ortho intramolecular Hbond substituents is 4. The van der Waals surface area contributed by atoms with Gasteiger partial charge in [-0.25, -0.2) is 10.9 Å². The van der Waals surface area contributed by atoms with Crippen molar-refractivity contribution in [1.29, 1.82) is 0 Å². The molecule has 4 aromatic carbocycles. The number of hydrogen-bond acceptors (Lipinski definition) is 8. The number of phenols is 4. The summed E-state index contributed by atoms with van der Waals surface area (Å²) in [5, 5.41) is 45.2. The summed E-state index contributed by atoms with van der Waals surface area (Å²) < 4.78 is 1.67. The van der Waals surface area contributed by atoms with Crippen LogP contribution in [0.3, 0.4) is 0 Å². The molecular formula is C28H22Br2N4O6. The fourth-order valence-electron chi connectivity index (χ4n) is 2.99. The highest BCUT2D eigenvalue weighted by Gasteiger charge is 2.07. The van der Waals surface area contributed by atoms with E-state index in [1.807, 2.05) is 6.07 Å². The third-order valence-electron chi connectivity index (χ3n) is 5.02. The fraction of sp³-hybridized carbons (Fsp3) is 0. The summed E-state index contributed by atoms with van der Waals surface area (Å²) in [5.41, 5.74) is 6.20. The standard InChI is InChI=1S/2C14H11BrN2O3/c15-11-5-1-3-9(7-11)14(20)17-16-8-10-4-2-6-12(18)13(10)19;15-11-6-4-9(5-7-11)14(20)17-16-8-10-2-1-3-12(18)13(10)19/h2*1-8,18-19H,(H,17,20)/b2*16-8+. The van der Waals surface area contributed by atoms with Crippen molar-refractivity contribution < 1.29 is 30.0 Å². The molecule has 0 radical (unpaired) electrons. The molecule has 0 saturated carbocycles. The third-order valence-corrected chi connectivity index (χ3v) is 6.05. The van der Waals surface area contributed by atoms with Crippen LogP contribution in [0.4, 0.5) is 0 Å². The second-order valence-corrected chi connectivity index (χ2v) is 9.68. The Bertz CT molecular complexity index is 1560. The van der Waals surface area contributed by atoms with Gasteiger partial charge in [-0.15, -0.1) is 0 Å². The van der Waals surface area contributed by atoms with E-state index in [-0.39, 0.29) is 34.8 Å². The average molecular weight is 670 g/mol. The van der Waals surface area contributed by atoms with Crippen LogP contribution in [0.2, 0.25) is 0 Å². The molecule has 0 atom stereocenters. The van der Waals surface area contributed by atoms with E-state index in [1.165, 1.54) is 24.6 Å². The Kier molecular flexibility index (Phi) is 10.8. The van der Waals surface area contributed by atoms with Gasteiger partial charge in [-0.05, 0) is 66.7 Å². The first-order chi connectivity index (χ1) is 19.2. The zero-order chi connectivity index (χ0) is 29.1. The zero-order valence-corrected chi connectivity index (χ0v) is 23.7. The van der Waals surface area contributed by atoms with Crippen molar-refractivity contribution in [2.45, 2.75) is 0 Å². The number of carbonyl (C=O) groups is 2. The van der Waals surface area contributed by atoms with E-state index in [1.54, 1.807) is 66.7 Å². The first-order valence-electron chi connectivity index (χ1n) is 11.4. The van der Waals surface area contributed by atoms with Gasteiger partial charge in [0.15, 0.2) is 23.0 Å². The van der Waals surface area contributed by atoms with Gasteiger partial charge in [-0.2, -0.15) is 10.2 Å². The van der Waals surface area contributed by atoms with Gasteiger partial charge in [-0.1, -0.05) is 50.1 Å². The molecule has 0 bridgehead atoms. The minimum atomic E-state index is -0.373. The van der Waals surface area contributed by atoms with Crippen LogP contribution in [-0.2, 0) is 0 Å². The summed E-state index contributed by atoms with van der Waals surface area (Å²) in [5.74, 6) is -1.79. The van der Waals surface area contributed by atoms with Gasteiger partial charge < -0.3 is 20.4 Å². The fourth-order valence-corrected chi connectivity index (χ4v) is 3.65. The lowest BCUT2D eigenvalue weighted by Crippen LogP contribution is -2.17. The molecular weight excluding hydrogens is 648 g/mol. The second-order valence-electron chi connectivity index (χ2n) is 7.85. The molecule has 0 saturated heterocycles. The van der Waals surface area contributed by atoms with Gasteiger partial charge in [0.2, 0.25) is 0 Å². The molecule has 0 unspecified atom stereocenters. The monoisotopic (exact) mass is 668 g/mol. The van der Waals surface area contributed by atoms with Crippen molar-refractivity contribution in [3.8, 4) is 23.0 Å². The lowest BCUT2D eigenvalue weighted by Gasteiger charge is -2.02. The third kappa shape index (κ3) is 8.68. The maximum absolute atomic E-state index is 11.8. The minimum absolute atomic E-state index is 0.242. The molecule has 0 aliphatic carbocycles. The van der Waals surface area contributed by atoms with Crippen LogP contribution >= 0.6 is 31.9 Å². The highest BCUT2D eigenvalue weighted by molar-refractivity contribution is 9.10. The predicted molar refractivity (Wildman–Crippen MR) is 158 cm³/mol. The molecule has 0 aliphatic rings. The van der Waals surface area contributed by atoms with Gasteiger partial charge in [0.25, 0.3) is 11.8 Å². The Balaban J connectivity index is 0.000000220. The van der Waals surface area contributed by atoms with Gasteiger partial charge in [0, 0.05) is 31.2 Å². The number of nitrogens with zero attached hydrogens (tertiary/aromatic N) is 2. The number of halogens is 2. The maximum atomic E-state index is 11.8. The van der Waals surface area contributed by atoms with Crippen LogP contribution in [0.5, 0.6) is 23.0 Å². The minimum Gasteiger partial charge on any atom is -0.504 e. The van der Waals surface area contributed by atoms with E-state index in [2.05, 4.69) is 52.9 Å². The van der Waals surface area contributed by atoms with Crippen molar-refractivity contribution >= 4 is 56.1 Å². The van der Waals surface area contributed by atoms with Crippen LogP contribution in [0.15, 0.2) is 104 Å². The number of benzene rings is 4. The van der Waals surface area contributed by atoms with Crippen LogP contribution in [0.25, 0.3) is 0 Å². The van der Waals surface area contributed by atoms with Crippen molar-refractivity contribution in [2.24, 2.45) is 10.2 Å². The Morgan fingerprint density at radius 3 is 1.57 bits per heavy atom. The summed E-state index contributed by atoms with van der Waals surface area (Å²) in [6.07, 6.45) is 2.51. The maximum Gasteiger partial charge on any atom is 0.271 e. The number of nitrogens with one attached hydrogen (secondary N) is 2. The van der Waals surface area contributed by atoms with E-state index < -0.39 is 0 Å². The largest absolute Gasteiger partial charge is 0.504 e. The van der Waals surface area contributed by atoms with Gasteiger partial charge in [-0.3, -0.25) is 9.59 Å². The van der Waals surface area contributed by atoms with Crippen LogP contribution in [0.1, 0.15) is 31.8 Å². The van der Waals surface area contributed by atoms with E-state index >= 15 is 0 Å². The Morgan fingerprint density at radius 2 is 1.07 bits per heavy atom. The molecule has 204 valence electrons. The Hall–Kier alpha value is -4.68. The number of amides is 2. The molecule has 0 spiro atoms. The van der Waals surface area contributed by atoms with Crippen LogP contribution in [0, 0.1) is 0 Å². The van der Waals surface area contributed by atoms with E-state index in [9.17, 15) is 30.0 Å². The van der Waals surface area contributed by atoms with E-state index in [4.69, 9.17) is 0 Å². The van der Waals surface area contributed by atoms with Crippen molar-refractivity contribution in [2.75, 3.05) is 0 Å². The molecule has 12 heteroatoms. The zero-order valence-electron chi connectivity index (χ0n) is 20.5. The molecule has 0 fully saturated rings. The van der Waals surface area contributed by atoms with Crippen LogP contribution < -0.4 is 10.9 Å². The normalized spacial score (nSPS) is 10.7. The topological polar surface area (TPSA) is 164 Å². The summed E-state index contributed by atoms with van der Waals surface area (Å²) in [6, 6.07) is 22.6. The number of para-hydroxylation sites is 2. The number of aromatic hydroxyl groups is 4. The molecule has 10 nitrogen and oxygen atoms in total. The Morgan fingerprint density at radius 1 is 0.600 bits per heavy atom. The lowest BCUT2D eigenvalue weighted by atomic mass is 10.2. The summed E-state index contributed by atoms with van der Waals surface area (Å²) in [7, 11) is 0. The van der Waals surface area contributed by atoms with Gasteiger partial charge in [0.05, 0.1) is 12.4 Å². The van der Waals surface area contributed by atoms with E-state index in [0.717, 1.165) is 8.95 Å². The Labute approximate surface area is 245 Å². The summed E-state index contributed by atoms with van der Waals surface area (Å²) in [4.78, 5) is 23.5.